The lowest BCUT2D eigenvalue weighted by molar-refractivity contribution is 0.179. The number of ether oxygens (including phenoxy) is 1. The Bertz CT molecular complexity index is 379. The second kappa shape index (κ2) is 8.37. The van der Waals surface area contributed by atoms with Crippen molar-refractivity contribution < 1.29 is 14.6 Å². The van der Waals surface area contributed by atoms with Gasteiger partial charge in [-0.1, -0.05) is 25.5 Å². The molecule has 0 aromatic heterocycles. The molecule has 1 aromatic rings. The summed E-state index contributed by atoms with van der Waals surface area (Å²) in [6, 6.07) is 7.58. The molecule has 0 fully saturated rings. The highest BCUT2D eigenvalue weighted by molar-refractivity contribution is 5.73. The van der Waals surface area contributed by atoms with Crippen molar-refractivity contribution in [2.24, 2.45) is 0 Å². The number of amides is 2. The smallest absolute Gasteiger partial charge is 0.319 e. The molecule has 1 rings (SSSR count). The van der Waals surface area contributed by atoms with Crippen LogP contribution in [0.15, 0.2) is 24.3 Å². The maximum Gasteiger partial charge on any atom is 0.319 e. The summed E-state index contributed by atoms with van der Waals surface area (Å²) in [6.45, 7) is 2.51. The highest BCUT2D eigenvalue weighted by atomic mass is 16.5. The average molecular weight is 266 g/mol. The second-order valence-corrected chi connectivity index (χ2v) is 4.31. The highest BCUT2D eigenvalue weighted by Gasteiger charge is 2.06. The van der Waals surface area contributed by atoms with Gasteiger partial charge < -0.3 is 20.1 Å². The summed E-state index contributed by atoms with van der Waals surface area (Å²) >= 11 is 0. The minimum atomic E-state index is -0.267. The Morgan fingerprint density at radius 1 is 1.37 bits per heavy atom. The van der Waals surface area contributed by atoms with Crippen LogP contribution in [0, 0.1) is 0 Å². The topological polar surface area (TPSA) is 61.8 Å². The number of rotatable bonds is 7. The monoisotopic (exact) mass is 266 g/mol. The summed E-state index contributed by atoms with van der Waals surface area (Å²) in [5, 5.41) is 11.3. The second-order valence-electron chi connectivity index (χ2n) is 4.31. The molecule has 0 bridgehead atoms. The summed E-state index contributed by atoms with van der Waals surface area (Å²) < 4.78 is 5.42. The fourth-order valence-electron chi connectivity index (χ4n) is 1.61. The van der Waals surface area contributed by atoms with Crippen LogP contribution >= 0.6 is 0 Å². The van der Waals surface area contributed by atoms with Gasteiger partial charge in [-0.2, -0.15) is 0 Å². The fraction of sp³-hybridized carbons (Fsp3) is 0.500. The summed E-state index contributed by atoms with van der Waals surface area (Å²) in [5.41, 5.74) is 1.28. The van der Waals surface area contributed by atoms with E-state index in [0.717, 1.165) is 18.6 Å². The third kappa shape index (κ3) is 5.61. The first-order valence-electron chi connectivity index (χ1n) is 6.49. The first-order chi connectivity index (χ1) is 9.17. The molecule has 5 heteroatoms. The summed E-state index contributed by atoms with van der Waals surface area (Å²) in [4.78, 5) is 12.9. The molecule has 0 aliphatic heterocycles. The average Bonchev–Trinajstić information content (AvgIpc) is 2.41. The van der Waals surface area contributed by atoms with Gasteiger partial charge in [0.25, 0.3) is 0 Å². The van der Waals surface area contributed by atoms with Gasteiger partial charge in [-0.25, -0.2) is 4.79 Å². The molecule has 19 heavy (non-hydrogen) atoms. The molecule has 0 spiro atoms. The molecule has 0 aliphatic rings. The number of aryl methyl sites for hydroxylation is 1. The zero-order valence-electron chi connectivity index (χ0n) is 11.6. The molecule has 0 aliphatic carbocycles. The van der Waals surface area contributed by atoms with Crippen LogP contribution in [0.5, 0.6) is 5.75 Å². The van der Waals surface area contributed by atoms with Crippen molar-refractivity contribution in [1.82, 2.24) is 10.2 Å². The minimum absolute atomic E-state index is 0.0519. The van der Waals surface area contributed by atoms with Gasteiger partial charge in [-0.3, -0.25) is 0 Å². The van der Waals surface area contributed by atoms with E-state index in [2.05, 4.69) is 12.2 Å². The van der Waals surface area contributed by atoms with Crippen LogP contribution in [-0.4, -0.2) is 43.0 Å². The van der Waals surface area contributed by atoms with Gasteiger partial charge in [0.15, 0.2) is 6.73 Å². The van der Waals surface area contributed by atoms with Crippen molar-refractivity contribution in [3.8, 4) is 5.75 Å². The van der Waals surface area contributed by atoms with Crippen molar-refractivity contribution in [2.45, 2.75) is 19.8 Å². The Balaban J connectivity index is 2.30. The fourth-order valence-corrected chi connectivity index (χ4v) is 1.61. The standard InChI is InChI=1S/C14H22N2O3/c1-3-4-12-5-7-13(8-6-12)19-11-15-14(18)16(2)9-10-17/h5-8,17H,3-4,9-11H2,1-2H3,(H,15,18). The summed E-state index contributed by atoms with van der Waals surface area (Å²) in [6.07, 6.45) is 2.18. The Morgan fingerprint density at radius 3 is 2.63 bits per heavy atom. The molecular weight excluding hydrogens is 244 g/mol. The molecule has 2 N–H and O–H groups in total. The van der Waals surface area contributed by atoms with Gasteiger partial charge in [0.05, 0.1) is 6.61 Å². The van der Waals surface area contributed by atoms with Crippen LogP contribution in [0.4, 0.5) is 4.79 Å². The lowest BCUT2D eigenvalue weighted by atomic mass is 10.1. The first-order valence-corrected chi connectivity index (χ1v) is 6.49. The molecule has 2 amide bonds. The minimum Gasteiger partial charge on any atom is -0.473 e. The lowest BCUT2D eigenvalue weighted by Gasteiger charge is -2.16. The number of hydrogen-bond acceptors (Lipinski definition) is 3. The molecule has 0 radical (unpaired) electrons. The van der Waals surface area contributed by atoms with Crippen LogP contribution in [0.25, 0.3) is 0 Å². The van der Waals surface area contributed by atoms with Crippen molar-refractivity contribution >= 4 is 6.03 Å². The lowest BCUT2D eigenvalue weighted by Crippen LogP contribution is -2.40. The zero-order valence-corrected chi connectivity index (χ0v) is 11.6. The molecule has 1 aromatic carbocycles. The highest BCUT2D eigenvalue weighted by Crippen LogP contribution is 2.12. The van der Waals surface area contributed by atoms with Gasteiger partial charge >= 0.3 is 6.03 Å². The number of aliphatic hydroxyl groups excluding tert-OH is 1. The van der Waals surface area contributed by atoms with E-state index in [9.17, 15) is 4.79 Å². The van der Waals surface area contributed by atoms with Gasteiger partial charge in [-0.05, 0) is 24.1 Å². The van der Waals surface area contributed by atoms with E-state index in [1.165, 1.54) is 10.5 Å². The van der Waals surface area contributed by atoms with Crippen LogP contribution in [0.1, 0.15) is 18.9 Å². The van der Waals surface area contributed by atoms with Crippen LogP contribution in [0.3, 0.4) is 0 Å². The molecule has 0 saturated heterocycles. The maximum absolute atomic E-state index is 11.5. The number of carbonyl (C=O) groups excluding carboxylic acids is 1. The van der Waals surface area contributed by atoms with E-state index in [1.54, 1.807) is 7.05 Å². The van der Waals surface area contributed by atoms with E-state index >= 15 is 0 Å². The zero-order chi connectivity index (χ0) is 14.1. The molecule has 0 atom stereocenters. The van der Waals surface area contributed by atoms with Crippen LogP contribution < -0.4 is 10.1 Å². The molecule has 106 valence electrons. The van der Waals surface area contributed by atoms with Crippen LogP contribution in [0.2, 0.25) is 0 Å². The number of nitrogens with one attached hydrogen (secondary N) is 1. The molecule has 0 saturated carbocycles. The van der Waals surface area contributed by atoms with E-state index in [4.69, 9.17) is 9.84 Å². The summed E-state index contributed by atoms with van der Waals surface area (Å²) in [5.74, 6) is 0.727. The van der Waals surface area contributed by atoms with Crippen molar-refractivity contribution in [3.05, 3.63) is 29.8 Å². The number of urea groups is 1. The molecular formula is C14H22N2O3. The number of aliphatic hydroxyl groups is 1. The third-order valence-corrected chi connectivity index (χ3v) is 2.71. The number of hydrogen-bond donors (Lipinski definition) is 2. The number of nitrogens with zero attached hydrogens (tertiary/aromatic N) is 1. The predicted octanol–water partition coefficient (Wildman–Crippen LogP) is 1.61. The van der Waals surface area contributed by atoms with Gasteiger partial charge in [0.2, 0.25) is 0 Å². The third-order valence-electron chi connectivity index (χ3n) is 2.71. The van der Waals surface area contributed by atoms with Crippen molar-refractivity contribution in [3.63, 3.8) is 0 Å². The molecule has 0 unspecified atom stereocenters. The van der Waals surface area contributed by atoms with Gasteiger partial charge in [0, 0.05) is 13.6 Å². The SMILES string of the molecule is CCCc1ccc(OCNC(=O)N(C)CCO)cc1. The normalized spacial score (nSPS) is 10.1. The van der Waals surface area contributed by atoms with Gasteiger partial charge in [-0.15, -0.1) is 0 Å². The van der Waals surface area contributed by atoms with Crippen LogP contribution in [-0.2, 0) is 6.42 Å². The Labute approximate surface area is 114 Å². The molecule has 5 nitrogen and oxygen atoms in total. The van der Waals surface area contributed by atoms with E-state index < -0.39 is 0 Å². The van der Waals surface area contributed by atoms with E-state index in [1.807, 2.05) is 24.3 Å². The van der Waals surface area contributed by atoms with Gasteiger partial charge in [0.1, 0.15) is 5.75 Å². The largest absolute Gasteiger partial charge is 0.473 e. The van der Waals surface area contributed by atoms with Crippen molar-refractivity contribution in [2.75, 3.05) is 26.9 Å². The van der Waals surface area contributed by atoms with E-state index in [0.29, 0.717) is 6.54 Å². The summed E-state index contributed by atoms with van der Waals surface area (Å²) in [7, 11) is 1.62. The Kier molecular flexibility index (Phi) is 6.74. The maximum atomic E-state index is 11.5. The Morgan fingerprint density at radius 2 is 2.05 bits per heavy atom. The molecule has 0 heterocycles. The Hall–Kier alpha value is -1.75. The number of benzene rings is 1. The van der Waals surface area contributed by atoms with E-state index in [-0.39, 0.29) is 19.4 Å². The number of carbonyl (C=O) groups is 1. The first kappa shape index (κ1) is 15.3. The number of likely N-dealkylation sites (N-methyl/N-ethyl adjacent to an activating group) is 1. The quantitative estimate of drug-likeness (QED) is 0.737. The van der Waals surface area contributed by atoms with Crippen molar-refractivity contribution in [1.29, 1.82) is 0 Å². The predicted molar refractivity (Wildman–Crippen MR) is 74.2 cm³/mol.